The van der Waals surface area contributed by atoms with Gasteiger partial charge in [-0.05, 0) is 44.2 Å². The van der Waals surface area contributed by atoms with Gasteiger partial charge < -0.3 is 4.90 Å². The van der Waals surface area contributed by atoms with Crippen LogP contribution >= 0.6 is 0 Å². The van der Waals surface area contributed by atoms with Gasteiger partial charge >= 0.3 is 0 Å². The number of benzene rings is 1. The van der Waals surface area contributed by atoms with Crippen molar-refractivity contribution in [1.82, 2.24) is 9.29 Å². The third-order valence-electron chi connectivity index (χ3n) is 5.54. The van der Waals surface area contributed by atoms with Crippen LogP contribution in [0, 0.1) is 29.1 Å². The monoisotopic (exact) mass is 461 g/mol. The Hall–Kier alpha value is -2.27. The van der Waals surface area contributed by atoms with Crippen molar-refractivity contribution in [3.05, 3.63) is 53.1 Å². The molecule has 2 fully saturated rings. The first kappa shape index (κ1) is 21.9. The quantitative estimate of drug-likeness (QED) is 0.369. The summed E-state index contributed by atoms with van der Waals surface area (Å²) in [5, 5.41) is 0. The highest BCUT2D eigenvalue weighted by Crippen LogP contribution is 2.36. The molecule has 1 saturated carbocycles. The lowest BCUT2D eigenvalue weighted by Gasteiger charge is -2.28. The predicted octanol–water partition coefficient (Wildman–Crippen LogP) is 4.12. The molecule has 1 aliphatic carbocycles. The zero-order valence-corrected chi connectivity index (χ0v) is 17.2. The number of pyridine rings is 1. The Balaban J connectivity index is 1.64. The molecule has 0 unspecified atom stereocenters. The highest BCUT2D eigenvalue weighted by Gasteiger charge is 2.43. The zero-order valence-electron chi connectivity index (χ0n) is 16.4. The number of nitrogens with zero attached hydrogens (tertiary/aromatic N) is 3. The summed E-state index contributed by atoms with van der Waals surface area (Å²) in [6.07, 6.45) is 5.72. The first-order chi connectivity index (χ1) is 14.7. The first-order valence-electron chi connectivity index (χ1n) is 9.95. The van der Waals surface area contributed by atoms with E-state index in [2.05, 4.69) is 9.88 Å². The molecule has 0 N–H and O–H groups in total. The van der Waals surface area contributed by atoms with Gasteiger partial charge in [0.1, 0.15) is 0 Å². The summed E-state index contributed by atoms with van der Waals surface area (Å²) in [5.41, 5.74) is 1.18. The van der Waals surface area contributed by atoms with E-state index in [-0.39, 0.29) is 6.54 Å². The molecule has 4 rings (SSSR count). The van der Waals surface area contributed by atoms with Crippen molar-refractivity contribution in [2.45, 2.75) is 49.6 Å². The standard InChI is InChI=1S/C20H20F5N3O2S/c21-15-16(22)18(24)20(19(25)17(15)23)31(29,30)28(13-6-7-13)11-12-4-5-14(10-26-12)27-8-2-1-3-9-27/h4-5,10,13H,1-3,6-9,11H2. The molecule has 0 bridgehead atoms. The van der Waals surface area contributed by atoms with Gasteiger partial charge in [-0.3, -0.25) is 4.98 Å². The van der Waals surface area contributed by atoms with Gasteiger partial charge in [0.05, 0.1) is 24.1 Å². The minimum absolute atomic E-state index is 0.306. The van der Waals surface area contributed by atoms with Crippen molar-refractivity contribution >= 4 is 15.7 Å². The van der Waals surface area contributed by atoms with Gasteiger partial charge in [0.15, 0.2) is 28.2 Å². The topological polar surface area (TPSA) is 53.5 Å². The summed E-state index contributed by atoms with van der Waals surface area (Å²) in [4.78, 5) is 4.59. The molecule has 168 valence electrons. The third-order valence-corrected chi connectivity index (χ3v) is 7.46. The molecule has 0 amide bonds. The van der Waals surface area contributed by atoms with E-state index in [1.165, 1.54) is 0 Å². The highest BCUT2D eigenvalue weighted by molar-refractivity contribution is 7.89. The number of piperidine rings is 1. The smallest absolute Gasteiger partial charge is 0.249 e. The van der Waals surface area contributed by atoms with Crippen LogP contribution in [-0.2, 0) is 16.6 Å². The van der Waals surface area contributed by atoms with Crippen molar-refractivity contribution in [2.24, 2.45) is 0 Å². The van der Waals surface area contributed by atoms with E-state index in [0.717, 1.165) is 42.3 Å². The summed E-state index contributed by atoms with van der Waals surface area (Å²) in [5.74, 6) is -11.7. The molecule has 0 atom stereocenters. The van der Waals surface area contributed by atoms with Crippen molar-refractivity contribution in [2.75, 3.05) is 18.0 Å². The summed E-state index contributed by atoms with van der Waals surface area (Å²) >= 11 is 0. The fraction of sp³-hybridized carbons (Fsp3) is 0.450. The van der Waals surface area contributed by atoms with Gasteiger partial charge in [-0.1, -0.05) is 0 Å². The van der Waals surface area contributed by atoms with E-state index >= 15 is 0 Å². The van der Waals surface area contributed by atoms with E-state index in [4.69, 9.17) is 0 Å². The summed E-state index contributed by atoms with van der Waals surface area (Å²) in [7, 11) is -5.00. The molecule has 2 aliphatic rings. The lowest BCUT2D eigenvalue weighted by molar-refractivity contribution is 0.345. The molecule has 0 radical (unpaired) electrons. The molecule has 1 aromatic heterocycles. The maximum absolute atomic E-state index is 14.2. The van der Waals surface area contributed by atoms with Crippen molar-refractivity contribution in [3.63, 3.8) is 0 Å². The Kier molecular flexibility index (Phi) is 5.91. The van der Waals surface area contributed by atoms with Gasteiger partial charge in [-0.15, -0.1) is 0 Å². The van der Waals surface area contributed by atoms with Crippen molar-refractivity contribution < 1.29 is 30.4 Å². The van der Waals surface area contributed by atoms with Crippen LogP contribution in [0.2, 0.25) is 0 Å². The predicted molar refractivity (Wildman–Crippen MR) is 102 cm³/mol. The van der Waals surface area contributed by atoms with Crippen LogP contribution in [0.15, 0.2) is 23.2 Å². The second-order valence-electron chi connectivity index (χ2n) is 7.74. The van der Waals surface area contributed by atoms with E-state index in [1.807, 2.05) is 0 Å². The van der Waals surface area contributed by atoms with Gasteiger partial charge in [0.2, 0.25) is 15.8 Å². The maximum Gasteiger partial charge on any atom is 0.249 e. The molecule has 1 aromatic carbocycles. The Morgan fingerprint density at radius 1 is 0.903 bits per heavy atom. The molecule has 31 heavy (non-hydrogen) atoms. The molecule has 2 heterocycles. The Morgan fingerprint density at radius 3 is 2.00 bits per heavy atom. The van der Waals surface area contributed by atoms with Crippen LogP contribution in [0.5, 0.6) is 0 Å². The van der Waals surface area contributed by atoms with Gasteiger partial charge in [-0.25, -0.2) is 30.4 Å². The number of sulfonamides is 1. The normalized spacial score (nSPS) is 17.4. The Bertz CT molecular complexity index is 1060. The first-order valence-corrected chi connectivity index (χ1v) is 11.4. The maximum atomic E-state index is 14.2. The summed E-state index contributed by atoms with van der Waals surface area (Å²) < 4.78 is 95.6. The number of rotatable bonds is 6. The fourth-order valence-corrected chi connectivity index (χ4v) is 5.48. The second-order valence-corrected chi connectivity index (χ2v) is 9.56. The van der Waals surface area contributed by atoms with Crippen LogP contribution in [0.3, 0.4) is 0 Å². The minimum Gasteiger partial charge on any atom is -0.370 e. The van der Waals surface area contributed by atoms with Crippen LogP contribution < -0.4 is 4.90 Å². The zero-order chi connectivity index (χ0) is 22.3. The van der Waals surface area contributed by atoms with E-state index in [1.54, 1.807) is 18.3 Å². The van der Waals surface area contributed by atoms with Gasteiger partial charge in [0, 0.05) is 19.1 Å². The van der Waals surface area contributed by atoms with Gasteiger partial charge in [0.25, 0.3) is 0 Å². The van der Waals surface area contributed by atoms with Crippen LogP contribution in [0.25, 0.3) is 0 Å². The molecular formula is C20H20F5N3O2S. The third kappa shape index (κ3) is 4.12. The number of hydrogen-bond donors (Lipinski definition) is 0. The fourth-order valence-electron chi connectivity index (χ4n) is 3.71. The van der Waals surface area contributed by atoms with Gasteiger partial charge in [-0.2, -0.15) is 4.31 Å². The Morgan fingerprint density at radius 2 is 1.48 bits per heavy atom. The van der Waals surface area contributed by atoms with E-state index < -0.39 is 50.0 Å². The average Bonchev–Trinajstić information content (AvgIpc) is 3.60. The van der Waals surface area contributed by atoms with Crippen LogP contribution in [0.1, 0.15) is 37.8 Å². The second kappa shape index (κ2) is 8.34. The number of anilines is 1. The molecule has 11 heteroatoms. The molecule has 5 nitrogen and oxygen atoms in total. The lowest BCUT2D eigenvalue weighted by atomic mass is 10.1. The van der Waals surface area contributed by atoms with Crippen LogP contribution in [-0.4, -0.2) is 36.8 Å². The molecular weight excluding hydrogens is 441 g/mol. The molecule has 1 aliphatic heterocycles. The van der Waals surface area contributed by atoms with Crippen molar-refractivity contribution in [3.8, 4) is 0 Å². The SMILES string of the molecule is O=S(=O)(c1c(F)c(F)c(F)c(F)c1F)N(Cc1ccc(N2CCCCC2)cn1)C1CC1. The minimum atomic E-state index is -5.00. The summed E-state index contributed by atoms with van der Waals surface area (Å²) in [6, 6.07) is 2.79. The lowest BCUT2D eigenvalue weighted by Crippen LogP contribution is -2.35. The Labute approximate surface area is 176 Å². The highest BCUT2D eigenvalue weighted by atomic mass is 32.2. The number of halogens is 5. The van der Waals surface area contributed by atoms with Crippen molar-refractivity contribution in [1.29, 1.82) is 0 Å². The largest absolute Gasteiger partial charge is 0.370 e. The van der Waals surface area contributed by atoms with E-state index in [0.29, 0.717) is 18.5 Å². The average molecular weight is 461 g/mol. The summed E-state index contributed by atoms with van der Waals surface area (Å²) in [6.45, 7) is 1.44. The number of aromatic nitrogens is 1. The van der Waals surface area contributed by atoms with E-state index in [9.17, 15) is 30.4 Å². The molecule has 1 saturated heterocycles. The number of hydrogen-bond acceptors (Lipinski definition) is 4. The van der Waals surface area contributed by atoms with Crippen LogP contribution in [0.4, 0.5) is 27.6 Å². The molecule has 0 spiro atoms. The molecule has 2 aromatic rings.